The highest BCUT2D eigenvalue weighted by atomic mass is 32.1. The summed E-state index contributed by atoms with van der Waals surface area (Å²) in [5.41, 5.74) is 7.66. The molecule has 5 nitrogen and oxygen atoms in total. The highest BCUT2D eigenvalue weighted by molar-refractivity contribution is 7.14. The van der Waals surface area contributed by atoms with Crippen LogP contribution in [0.15, 0.2) is 23.6 Å². The fraction of sp³-hybridized carbons (Fsp3) is 0.286. The van der Waals surface area contributed by atoms with Crippen LogP contribution in [0.1, 0.15) is 34.8 Å². The van der Waals surface area contributed by atoms with Gasteiger partial charge >= 0.3 is 0 Å². The normalized spacial score (nSPS) is 14.1. The van der Waals surface area contributed by atoms with Crippen molar-refractivity contribution in [1.82, 2.24) is 4.98 Å². The van der Waals surface area contributed by atoms with Gasteiger partial charge in [-0.3, -0.25) is 10.1 Å². The average molecular weight is 289 g/mol. The van der Waals surface area contributed by atoms with Gasteiger partial charge < -0.3 is 10.5 Å². The van der Waals surface area contributed by atoms with E-state index in [1.54, 1.807) is 18.2 Å². The van der Waals surface area contributed by atoms with Gasteiger partial charge in [-0.1, -0.05) is 6.07 Å². The number of hydrogen-bond acceptors (Lipinski definition) is 5. The minimum absolute atomic E-state index is 0.295. The molecule has 1 aliphatic carbocycles. The summed E-state index contributed by atoms with van der Waals surface area (Å²) < 4.78 is 5.18. The lowest BCUT2D eigenvalue weighted by Gasteiger charge is -2.10. The first kappa shape index (κ1) is 12.9. The smallest absolute Gasteiger partial charge is 0.263 e. The second kappa shape index (κ2) is 5.13. The number of carbonyl (C=O) groups is 1. The lowest BCUT2D eigenvalue weighted by molar-refractivity contribution is 0.102. The zero-order valence-corrected chi connectivity index (χ0v) is 11.9. The van der Waals surface area contributed by atoms with Crippen molar-refractivity contribution in [2.45, 2.75) is 18.8 Å². The van der Waals surface area contributed by atoms with Gasteiger partial charge in [0.1, 0.15) is 11.3 Å². The summed E-state index contributed by atoms with van der Waals surface area (Å²) in [5, 5.41) is 5.38. The van der Waals surface area contributed by atoms with Gasteiger partial charge in [0, 0.05) is 17.0 Å². The molecule has 1 aliphatic rings. The van der Waals surface area contributed by atoms with Gasteiger partial charge in [-0.15, -0.1) is 11.3 Å². The number of anilines is 2. The summed E-state index contributed by atoms with van der Waals surface area (Å²) in [7, 11) is 1.51. The lowest BCUT2D eigenvalue weighted by atomic mass is 10.1. The molecule has 2 aromatic rings. The first-order valence-electron chi connectivity index (χ1n) is 6.38. The molecule has 0 saturated heterocycles. The van der Waals surface area contributed by atoms with E-state index in [0.717, 1.165) is 5.69 Å². The van der Waals surface area contributed by atoms with Crippen molar-refractivity contribution in [2.24, 2.45) is 0 Å². The van der Waals surface area contributed by atoms with Gasteiger partial charge in [0.25, 0.3) is 5.91 Å². The van der Waals surface area contributed by atoms with Crippen molar-refractivity contribution in [3.8, 4) is 5.75 Å². The molecule has 1 amide bonds. The summed E-state index contributed by atoms with van der Waals surface area (Å²) in [5.74, 6) is 0.742. The zero-order chi connectivity index (χ0) is 14.1. The van der Waals surface area contributed by atoms with E-state index in [1.165, 1.54) is 31.3 Å². The molecule has 1 aromatic carbocycles. The third kappa shape index (κ3) is 2.46. The number of nitrogens with zero attached hydrogens (tertiary/aromatic N) is 1. The number of thiazole rings is 1. The van der Waals surface area contributed by atoms with Gasteiger partial charge in [-0.25, -0.2) is 4.98 Å². The second-order valence-corrected chi connectivity index (χ2v) is 5.59. The maximum absolute atomic E-state index is 12.3. The van der Waals surface area contributed by atoms with Crippen LogP contribution in [0.4, 0.5) is 10.8 Å². The third-order valence-corrected chi connectivity index (χ3v) is 4.02. The van der Waals surface area contributed by atoms with Crippen LogP contribution < -0.4 is 15.8 Å². The maximum atomic E-state index is 12.3. The zero-order valence-electron chi connectivity index (χ0n) is 11.1. The molecule has 6 heteroatoms. The molecule has 0 atom stereocenters. The molecular weight excluding hydrogens is 274 g/mol. The number of rotatable bonds is 4. The van der Waals surface area contributed by atoms with E-state index in [4.69, 9.17) is 10.5 Å². The molecule has 1 aromatic heterocycles. The van der Waals surface area contributed by atoms with Crippen molar-refractivity contribution in [3.63, 3.8) is 0 Å². The van der Waals surface area contributed by atoms with Gasteiger partial charge in [-0.05, 0) is 25.0 Å². The number of nitrogen functional groups attached to an aromatic ring is 1. The van der Waals surface area contributed by atoms with Crippen LogP contribution in [0.2, 0.25) is 0 Å². The molecule has 0 unspecified atom stereocenters. The number of nitrogens with one attached hydrogen (secondary N) is 1. The molecule has 20 heavy (non-hydrogen) atoms. The predicted molar refractivity (Wildman–Crippen MR) is 79.4 cm³/mol. The molecule has 0 radical (unpaired) electrons. The molecule has 1 fully saturated rings. The van der Waals surface area contributed by atoms with Crippen LogP contribution in [0.25, 0.3) is 0 Å². The van der Waals surface area contributed by atoms with Crippen LogP contribution in [0.5, 0.6) is 5.75 Å². The Morgan fingerprint density at radius 2 is 2.30 bits per heavy atom. The highest BCUT2D eigenvalue weighted by Gasteiger charge is 2.26. The van der Waals surface area contributed by atoms with Crippen LogP contribution in [0, 0.1) is 0 Å². The van der Waals surface area contributed by atoms with E-state index in [9.17, 15) is 4.79 Å². The number of ether oxygens (including phenoxy) is 1. The summed E-state index contributed by atoms with van der Waals surface area (Å²) in [4.78, 5) is 16.7. The predicted octanol–water partition coefficient (Wildman–Crippen LogP) is 2.86. The van der Waals surface area contributed by atoms with E-state index in [0.29, 0.717) is 28.0 Å². The number of nitrogens with two attached hydrogens (primary N) is 1. The Balaban J connectivity index is 1.81. The summed E-state index contributed by atoms with van der Waals surface area (Å²) in [6.45, 7) is 0. The van der Waals surface area contributed by atoms with Crippen molar-refractivity contribution in [3.05, 3.63) is 34.8 Å². The topological polar surface area (TPSA) is 77.2 Å². The molecule has 0 spiro atoms. The first-order valence-corrected chi connectivity index (χ1v) is 7.26. The Hall–Kier alpha value is -2.08. The standard InChI is InChI=1S/C14H15N3O2S/c1-19-11-4-2-3-9(15)12(11)13(18)17-14-16-10(7-20-14)8-5-6-8/h2-4,7-8H,5-6,15H2,1H3,(H,16,17,18). The van der Waals surface area contributed by atoms with Crippen molar-refractivity contribution in [1.29, 1.82) is 0 Å². The Morgan fingerprint density at radius 1 is 1.50 bits per heavy atom. The average Bonchev–Trinajstić information content (AvgIpc) is 3.19. The first-order chi connectivity index (χ1) is 9.69. The number of hydrogen-bond donors (Lipinski definition) is 2. The number of carbonyl (C=O) groups excluding carboxylic acids is 1. The largest absolute Gasteiger partial charge is 0.496 e. The molecule has 1 heterocycles. The number of aromatic nitrogens is 1. The summed E-state index contributed by atoms with van der Waals surface area (Å²) >= 11 is 1.44. The quantitative estimate of drug-likeness (QED) is 0.848. The Morgan fingerprint density at radius 3 is 3.00 bits per heavy atom. The molecule has 3 N–H and O–H groups in total. The monoisotopic (exact) mass is 289 g/mol. The maximum Gasteiger partial charge on any atom is 0.263 e. The number of amides is 1. The molecule has 0 bridgehead atoms. The Kier molecular flexibility index (Phi) is 3.31. The van der Waals surface area contributed by atoms with E-state index in [1.807, 2.05) is 5.38 Å². The lowest BCUT2D eigenvalue weighted by Crippen LogP contribution is -2.15. The minimum Gasteiger partial charge on any atom is -0.496 e. The third-order valence-electron chi connectivity index (χ3n) is 3.24. The van der Waals surface area contributed by atoms with Crippen molar-refractivity contribution in [2.75, 3.05) is 18.2 Å². The molecule has 104 valence electrons. The van der Waals surface area contributed by atoms with Crippen LogP contribution in [-0.2, 0) is 0 Å². The van der Waals surface area contributed by atoms with E-state index in [2.05, 4.69) is 10.3 Å². The molecule has 3 rings (SSSR count). The fourth-order valence-corrected chi connectivity index (χ4v) is 2.82. The van der Waals surface area contributed by atoms with Crippen LogP contribution >= 0.6 is 11.3 Å². The van der Waals surface area contributed by atoms with E-state index < -0.39 is 0 Å². The number of benzene rings is 1. The summed E-state index contributed by atoms with van der Waals surface area (Å²) in [6, 6.07) is 5.14. The SMILES string of the molecule is COc1cccc(N)c1C(=O)Nc1nc(C2CC2)cs1. The molecular formula is C14H15N3O2S. The summed E-state index contributed by atoms with van der Waals surface area (Å²) in [6.07, 6.45) is 2.38. The van der Waals surface area contributed by atoms with Crippen molar-refractivity contribution >= 4 is 28.1 Å². The van der Waals surface area contributed by atoms with Gasteiger partial charge in [0.2, 0.25) is 0 Å². The molecule has 0 aliphatic heterocycles. The molecule has 1 saturated carbocycles. The fourth-order valence-electron chi connectivity index (χ4n) is 2.03. The number of methoxy groups -OCH3 is 1. The Bertz CT molecular complexity index is 650. The van der Waals surface area contributed by atoms with Gasteiger partial charge in [-0.2, -0.15) is 0 Å². The van der Waals surface area contributed by atoms with E-state index in [-0.39, 0.29) is 5.91 Å². The van der Waals surface area contributed by atoms with E-state index >= 15 is 0 Å². The Labute approximate surface area is 120 Å². The van der Waals surface area contributed by atoms with Gasteiger partial charge in [0.05, 0.1) is 12.8 Å². The second-order valence-electron chi connectivity index (χ2n) is 4.73. The van der Waals surface area contributed by atoms with Gasteiger partial charge in [0.15, 0.2) is 5.13 Å². The highest BCUT2D eigenvalue weighted by Crippen LogP contribution is 2.41. The van der Waals surface area contributed by atoms with Crippen LogP contribution in [-0.4, -0.2) is 18.0 Å². The van der Waals surface area contributed by atoms with Crippen molar-refractivity contribution < 1.29 is 9.53 Å². The van der Waals surface area contributed by atoms with Crippen LogP contribution in [0.3, 0.4) is 0 Å². The minimum atomic E-state index is -0.295.